The first-order valence-electron chi connectivity index (χ1n) is 3.44. The smallest absolute Gasteiger partial charge is 1.00 e. The molecule has 15 heavy (non-hydrogen) atoms. The normalized spacial score (nSPS) is 11.5. The molecule has 0 saturated carbocycles. The molecule has 0 amide bonds. The number of aliphatic carboxylic acids is 3. The van der Waals surface area contributed by atoms with Crippen molar-refractivity contribution >= 4 is 17.9 Å². The summed E-state index contributed by atoms with van der Waals surface area (Å²) in [5.74, 6) is -4.24. The van der Waals surface area contributed by atoms with E-state index in [9.17, 15) is 14.4 Å². The van der Waals surface area contributed by atoms with Gasteiger partial charge in [-0.2, -0.15) is 0 Å². The fraction of sp³-hybridized carbons (Fsp3) is 0.125. The Morgan fingerprint density at radius 1 is 1.00 bits per heavy atom. The molecule has 78 valence electrons. The largest absolute Gasteiger partial charge is 1.00 e. The molecule has 0 unspecified atom stereocenters. The van der Waals surface area contributed by atoms with Crippen LogP contribution in [0.2, 0.25) is 0 Å². The molecule has 0 aromatic rings. The summed E-state index contributed by atoms with van der Waals surface area (Å²) in [5.41, 5.74) is -0.836. The maximum Gasteiger partial charge on any atom is 1.00 e. The van der Waals surface area contributed by atoms with Crippen molar-refractivity contribution in [3.63, 3.8) is 0 Å². The third kappa shape index (κ3) is 6.89. The van der Waals surface area contributed by atoms with Crippen LogP contribution in [0.5, 0.6) is 0 Å². The molecule has 0 rings (SSSR count). The second kappa shape index (κ2) is 7.22. The van der Waals surface area contributed by atoms with Crippen LogP contribution in [-0.4, -0.2) is 33.2 Å². The van der Waals surface area contributed by atoms with E-state index in [1.165, 1.54) is 6.92 Å². The summed E-state index contributed by atoms with van der Waals surface area (Å²) in [6, 6.07) is 0. The number of carboxylic acids is 3. The van der Waals surface area contributed by atoms with Crippen LogP contribution >= 0.6 is 0 Å². The molecule has 0 spiro atoms. The van der Waals surface area contributed by atoms with E-state index in [4.69, 9.17) is 15.3 Å². The van der Waals surface area contributed by atoms with Crippen molar-refractivity contribution in [3.8, 4) is 0 Å². The monoisotopic (exact) mass is 224 g/mol. The van der Waals surface area contributed by atoms with E-state index in [0.29, 0.717) is 6.08 Å². The van der Waals surface area contributed by atoms with Gasteiger partial charge in [0.2, 0.25) is 0 Å². The minimum Gasteiger partial charge on any atom is -1.00 e. The Bertz CT molecular complexity index is 346. The fourth-order valence-corrected chi connectivity index (χ4v) is 0.593. The third-order valence-corrected chi connectivity index (χ3v) is 1.24. The summed E-state index contributed by atoms with van der Waals surface area (Å²) in [7, 11) is 0. The topological polar surface area (TPSA) is 112 Å². The standard InChI is InChI=1S/C8H8O6.Na.H/c1-4(7(11)12)2-5(8(13)14)3-6(9)10;;/h2-3H,1H3,(H,9,10)(H,11,12)(H,13,14);;/q;+1;-1. The number of carbonyl (C=O) groups is 3. The first kappa shape index (κ1) is 16.3. The minimum absolute atomic E-state index is 0. The van der Waals surface area contributed by atoms with Gasteiger partial charge in [-0.05, 0) is 13.0 Å². The van der Waals surface area contributed by atoms with Gasteiger partial charge in [0.25, 0.3) is 0 Å². The zero-order valence-corrected chi connectivity index (χ0v) is 10.2. The van der Waals surface area contributed by atoms with E-state index in [1.54, 1.807) is 0 Å². The van der Waals surface area contributed by atoms with E-state index in [2.05, 4.69) is 0 Å². The Kier molecular flexibility index (Phi) is 7.85. The Balaban J connectivity index is -0.000000845. The van der Waals surface area contributed by atoms with Crippen molar-refractivity contribution in [2.24, 2.45) is 0 Å². The van der Waals surface area contributed by atoms with E-state index < -0.39 is 23.5 Å². The minimum atomic E-state index is -1.49. The molecule has 3 N–H and O–H groups in total. The van der Waals surface area contributed by atoms with Crippen molar-refractivity contribution in [2.45, 2.75) is 6.92 Å². The van der Waals surface area contributed by atoms with Crippen molar-refractivity contribution in [1.82, 2.24) is 0 Å². The van der Waals surface area contributed by atoms with Crippen LogP contribution in [0.15, 0.2) is 23.3 Å². The average Bonchev–Trinajstić information content (AvgIpc) is 2.01. The molecule has 6 nitrogen and oxygen atoms in total. The number of hydrogen-bond donors (Lipinski definition) is 3. The predicted molar refractivity (Wildman–Crippen MR) is 45.9 cm³/mol. The molecule has 0 aromatic heterocycles. The second-order valence-electron chi connectivity index (χ2n) is 2.38. The Labute approximate surface area is 109 Å². The summed E-state index contributed by atoms with van der Waals surface area (Å²) < 4.78 is 0. The van der Waals surface area contributed by atoms with Crippen LogP contribution in [0.3, 0.4) is 0 Å². The average molecular weight is 224 g/mol. The maximum atomic E-state index is 10.4. The SMILES string of the molecule is CC(=CC(=CC(=O)O)C(=O)O)C(=O)O.[H-].[Na+]. The molecule has 0 bridgehead atoms. The van der Waals surface area contributed by atoms with Crippen molar-refractivity contribution in [1.29, 1.82) is 0 Å². The molecule has 0 aliphatic rings. The van der Waals surface area contributed by atoms with Crippen LogP contribution < -0.4 is 29.6 Å². The van der Waals surface area contributed by atoms with Gasteiger partial charge in [0.05, 0.1) is 5.57 Å². The Morgan fingerprint density at radius 2 is 1.47 bits per heavy atom. The van der Waals surface area contributed by atoms with Gasteiger partial charge in [0.15, 0.2) is 0 Å². The van der Waals surface area contributed by atoms with Crippen LogP contribution in [-0.2, 0) is 14.4 Å². The summed E-state index contributed by atoms with van der Waals surface area (Å²) in [6.45, 7) is 1.17. The zero-order chi connectivity index (χ0) is 11.3. The van der Waals surface area contributed by atoms with Gasteiger partial charge in [0, 0.05) is 11.6 Å². The van der Waals surface area contributed by atoms with Crippen molar-refractivity contribution in [3.05, 3.63) is 23.3 Å². The molecule has 0 heterocycles. The van der Waals surface area contributed by atoms with Crippen molar-refractivity contribution < 1.29 is 60.7 Å². The molecular weight excluding hydrogens is 215 g/mol. The van der Waals surface area contributed by atoms with E-state index in [1.807, 2.05) is 0 Å². The van der Waals surface area contributed by atoms with Gasteiger partial charge < -0.3 is 16.7 Å². The molecular formula is C8H9NaO6. The van der Waals surface area contributed by atoms with E-state index in [0.717, 1.165) is 6.08 Å². The summed E-state index contributed by atoms with van der Waals surface area (Å²) in [4.78, 5) is 30.9. The molecule has 0 radical (unpaired) electrons. The van der Waals surface area contributed by atoms with Gasteiger partial charge in [0.1, 0.15) is 0 Å². The second-order valence-corrected chi connectivity index (χ2v) is 2.38. The Morgan fingerprint density at radius 3 is 1.73 bits per heavy atom. The summed E-state index contributed by atoms with van der Waals surface area (Å²) in [6.07, 6.45) is 1.20. The third-order valence-electron chi connectivity index (χ3n) is 1.24. The van der Waals surface area contributed by atoms with Crippen LogP contribution in [0.1, 0.15) is 8.35 Å². The van der Waals surface area contributed by atoms with Crippen LogP contribution in [0.4, 0.5) is 0 Å². The fourth-order valence-electron chi connectivity index (χ4n) is 0.593. The van der Waals surface area contributed by atoms with Gasteiger partial charge in [-0.15, -0.1) is 0 Å². The molecule has 0 aliphatic heterocycles. The molecule has 0 fully saturated rings. The molecule has 7 heteroatoms. The molecule has 0 aliphatic carbocycles. The first-order chi connectivity index (χ1) is 6.34. The van der Waals surface area contributed by atoms with E-state index in [-0.39, 0.29) is 36.6 Å². The van der Waals surface area contributed by atoms with Crippen LogP contribution in [0.25, 0.3) is 0 Å². The zero-order valence-electron chi connectivity index (χ0n) is 9.22. The summed E-state index contributed by atoms with van der Waals surface area (Å²) >= 11 is 0. The Hall–Kier alpha value is -1.11. The van der Waals surface area contributed by atoms with E-state index >= 15 is 0 Å². The molecule has 0 aromatic carbocycles. The van der Waals surface area contributed by atoms with Crippen LogP contribution in [0, 0.1) is 0 Å². The van der Waals surface area contributed by atoms with Gasteiger partial charge in [-0.1, -0.05) is 0 Å². The quantitative estimate of drug-likeness (QED) is 0.271. The predicted octanol–water partition coefficient (Wildman–Crippen LogP) is -2.77. The van der Waals surface area contributed by atoms with Crippen molar-refractivity contribution in [2.75, 3.05) is 0 Å². The van der Waals surface area contributed by atoms with Gasteiger partial charge in [-0.25, -0.2) is 14.4 Å². The number of carboxylic acid groups (broad SMARTS) is 3. The summed E-state index contributed by atoms with van der Waals surface area (Å²) in [5, 5.41) is 25.2. The number of hydrogen-bond acceptors (Lipinski definition) is 3. The maximum absolute atomic E-state index is 10.4. The molecule has 0 atom stereocenters. The van der Waals surface area contributed by atoms with Gasteiger partial charge in [-0.3, -0.25) is 0 Å². The first-order valence-corrected chi connectivity index (χ1v) is 3.44. The number of rotatable bonds is 4. The van der Waals surface area contributed by atoms with Gasteiger partial charge >= 0.3 is 47.5 Å². The molecule has 0 saturated heterocycles.